The number of nitrogens with one attached hydrogen (secondary N) is 1. The van der Waals surface area contributed by atoms with Crippen LogP contribution in [0.4, 0.5) is 5.69 Å². The van der Waals surface area contributed by atoms with Crippen LogP contribution in [0.3, 0.4) is 0 Å². The van der Waals surface area contributed by atoms with E-state index >= 15 is 0 Å². The van der Waals surface area contributed by atoms with Crippen LogP contribution in [0.5, 0.6) is 0 Å². The average Bonchev–Trinajstić information content (AvgIpc) is 2.53. The molecule has 0 bridgehead atoms. The molecule has 0 aliphatic rings. The Morgan fingerprint density at radius 1 is 1.26 bits per heavy atom. The Labute approximate surface area is 139 Å². The monoisotopic (exact) mass is 332 g/mol. The molecule has 1 amide bonds. The summed E-state index contributed by atoms with van der Waals surface area (Å²) in [6, 6.07) is 13.8. The van der Waals surface area contributed by atoms with E-state index in [1.165, 1.54) is 23.8 Å². The zero-order chi connectivity index (χ0) is 16.8. The highest BCUT2D eigenvalue weighted by Gasteiger charge is 2.21. The van der Waals surface area contributed by atoms with Gasteiger partial charge in [-0.15, -0.1) is 0 Å². The number of carbonyl (C=O) groups is 1. The van der Waals surface area contributed by atoms with E-state index in [-0.39, 0.29) is 22.3 Å². The molecule has 0 spiro atoms. The lowest BCUT2D eigenvalue weighted by atomic mass is 10.1. The van der Waals surface area contributed by atoms with E-state index in [1.807, 2.05) is 37.3 Å². The number of amides is 1. The largest absolute Gasteiger partial charge is 0.349 e. The van der Waals surface area contributed by atoms with Gasteiger partial charge in [0.1, 0.15) is 5.56 Å². The molecule has 2 aromatic rings. The van der Waals surface area contributed by atoms with E-state index in [0.29, 0.717) is 0 Å². The van der Waals surface area contributed by atoms with Gasteiger partial charge in [-0.2, -0.15) is 0 Å². The number of aryl methyl sites for hydroxylation is 1. The van der Waals surface area contributed by atoms with Crippen LogP contribution in [0.1, 0.15) is 29.3 Å². The summed E-state index contributed by atoms with van der Waals surface area (Å²) in [5.41, 5.74) is 0.915. The van der Waals surface area contributed by atoms with Crippen molar-refractivity contribution in [1.29, 1.82) is 0 Å². The van der Waals surface area contributed by atoms with Crippen LogP contribution in [-0.2, 0) is 6.42 Å². The van der Waals surface area contributed by atoms with E-state index in [2.05, 4.69) is 5.32 Å². The zero-order valence-corrected chi connectivity index (χ0v) is 13.4. The summed E-state index contributed by atoms with van der Waals surface area (Å²) in [5.74, 6) is -0.486. The highest BCUT2D eigenvalue weighted by Crippen LogP contribution is 2.22. The maximum Gasteiger partial charge on any atom is 0.282 e. The number of rotatable bonds is 6. The number of nitro groups is 1. The third kappa shape index (κ3) is 4.79. The van der Waals surface area contributed by atoms with Gasteiger partial charge in [0.15, 0.2) is 0 Å². The second kappa shape index (κ2) is 7.74. The molecule has 0 aliphatic carbocycles. The number of nitrogens with zero attached hydrogens (tertiary/aromatic N) is 1. The van der Waals surface area contributed by atoms with Crippen LogP contribution in [0.25, 0.3) is 0 Å². The lowest BCUT2D eigenvalue weighted by molar-refractivity contribution is -0.385. The van der Waals surface area contributed by atoms with Crippen LogP contribution in [-0.4, -0.2) is 16.9 Å². The molecule has 6 heteroatoms. The van der Waals surface area contributed by atoms with E-state index in [0.717, 1.165) is 12.8 Å². The van der Waals surface area contributed by atoms with Crippen LogP contribution in [0, 0.1) is 10.1 Å². The van der Waals surface area contributed by atoms with Crippen LogP contribution >= 0.6 is 11.6 Å². The van der Waals surface area contributed by atoms with Crippen LogP contribution in [0.2, 0.25) is 5.02 Å². The number of hydrogen-bond acceptors (Lipinski definition) is 3. The van der Waals surface area contributed by atoms with E-state index in [4.69, 9.17) is 11.6 Å². The summed E-state index contributed by atoms with van der Waals surface area (Å²) in [6.07, 6.45) is 1.56. The van der Waals surface area contributed by atoms with Gasteiger partial charge in [-0.1, -0.05) is 41.9 Å². The Morgan fingerprint density at radius 3 is 2.61 bits per heavy atom. The number of hydrogen-bond donors (Lipinski definition) is 1. The van der Waals surface area contributed by atoms with Gasteiger partial charge in [0.2, 0.25) is 0 Å². The van der Waals surface area contributed by atoms with Gasteiger partial charge in [-0.05, 0) is 37.5 Å². The summed E-state index contributed by atoms with van der Waals surface area (Å²) >= 11 is 5.84. The van der Waals surface area contributed by atoms with Crippen molar-refractivity contribution >= 4 is 23.2 Å². The second-order valence-corrected chi connectivity index (χ2v) is 5.75. The van der Waals surface area contributed by atoms with Crippen molar-refractivity contribution in [3.63, 3.8) is 0 Å². The molecule has 120 valence electrons. The second-order valence-electron chi connectivity index (χ2n) is 5.32. The molecule has 23 heavy (non-hydrogen) atoms. The minimum absolute atomic E-state index is 0.0194. The van der Waals surface area contributed by atoms with Crippen molar-refractivity contribution in [1.82, 2.24) is 5.32 Å². The Balaban J connectivity index is 2.01. The smallest absolute Gasteiger partial charge is 0.282 e. The van der Waals surface area contributed by atoms with Crippen molar-refractivity contribution in [2.75, 3.05) is 0 Å². The minimum Gasteiger partial charge on any atom is -0.349 e. The maximum atomic E-state index is 12.3. The van der Waals surface area contributed by atoms with E-state index in [1.54, 1.807) is 0 Å². The maximum absolute atomic E-state index is 12.3. The van der Waals surface area contributed by atoms with E-state index < -0.39 is 10.8 Å². The van der Waals surface area contributed by atoms with Crippen molar-refractivity contribution in [2.45, 2.75) is 25.8 Å². The molecule has 0 saturated carbocycles. The first-order valence-electron chi connectivity index (χ1n) is 7.26. The molecule has 2 rings (SSSR count). The first-order chi connectivity index (χ1) is 11.0. The number of halogens is 1. The van der Waals surface area contributed by atoms with Gasteiger partial charge < -0.3 is 5.32 Å². The third-order valence-corrected chi connectivity index (χ3v) is 3.72. The molecule has 1 atom stereocenters. The highest BCUT2D eigenvalue weighted by molar-refractivity contribution is 6.31. The lowest BCUT2D eigenvalue weighted by Crippen LogP contribution is -2.33. The zero-order valence-electron chi connectivity index (χ0n) is 12.7. The highest BCUT2D eigenvalue weighted by atomic mass is 35.5. The first kappa shape index (κ1) is 17.0. The molecule has 0 saturated heterocycles. The van der Waals surface area contributed by atoms with Crippen molar-refractivity contribution in [3.8, 4) is 0 Å². The van der Waals surface area contributed by atoms with Crippen molar-refractivity contribution in [2.24, 2.45) is 0 Å². The molecule has 0 aromatic heterocycles. The predicted molar refractivity (Wildman–Crippen MR) is 89.8 cm³/mol. The topological polar surface area (TPSA) is 72.2 Å². The quantitative estimate of drug-likeness (QED) is 0.642. The van der Waals surface area contributed by atoms with Gasteiger partial charge in [0.05, 0.1) is 4.92 Å². The Kier molecular flexibility index (Phi) is 5.71. The molecule has 1 unspecified atom stereocenters. The molecule has 0 heterocycles. The summed E-state index contributed by atoms with van der Waals surface area (Å²) < 4.78 is 0. The van der Waals surface area contributed by atoms with E-state index in [9.17, 15) is 14.9 Å². The molecular formula is C17H17ClN2O3. The first-order valence-corrected chi connectivity index (χ1v) is 7.64. The predicted octanol–water partition coefficient (Wildman–Crippen LogP) is 4.00. The van der Waals surface area contributed by atoms with Gasteiger partial charge in [-0.25, -0.2) is 0 Å². The number of benzene rings is 2. The molecule has 1 N–H and O–H groups in total. The fourth-order valence-electron chi connectivity index (χ4n) is 2.25. The van der Waals surface area contributed by atoms with Gasteiger partial charge >= 0.3 is 0 Å². The molecule has 0 radical (unpaired) electrons. The Bertz CT molecular complexity index is 704. The van der Waals surface area contributed by atoms with Gasteiger partial charge in [0.25, 0.3) is 11.6 Å². The van der Waals surface area contributed by atoms with Crippen molar-refractivity contribution in [3.05, 3.63) is 74.8 Å². The summed E-state index contributed by atoms with van der Waals surface area (Å²) in [4.78, 5) is 22.7. The molecule has 0 aliphatic heterocycles. The summed E-state index contributed by atoms with van der Waals surface area (Å²) in [6.45, 7) is 1.87. The standard InChI is InChI=1S/C17H17ClN2O3/c1-12(7-8-13-5-3-2-4-6-13)19-17(21)15-11-14(18)9-10-16(15)20(22)23/h2-6,9-12H,7-8H2,1H3,(H,19,21). The van der Waals surface area contributed by atoms with Crippen LogP contribution < -0.4 is 5.32 Å². The van der Waals surface area contributed by atoms with Crippen LogP contribution in [0.15, 0.2) is 48.5 Å². The lowest BCUT2D eigenvalue weighted by Gasteiger charge is -2.14. The Morgan fingerprint density at radius 2 is 1.96 bits per heavy atom. The molecular weight excluding hydrogens is 316 g/mol. The SMILES string of the molecule is CC(CCc1ccccc1)NC(=O)c1cc(Cl)ccc1[N+](=O)[O-]. The fourth-order valence-corrected chi connectivity index (χ4v) is 2.42. The normalized spacial score (nSPS) is 11.7. The average molecular weight is 333 g/mol. The Hall–Kier alpha value is -2.40. The number of carbonyl (C=O) groups excluding carboxylic acids is 1. The number of nitro benzene ring substituents is 1. The van der Waals surface area contributed by atoms with Gasteiger partial charge in [0, 0.05) is 17.1 Å². The van der Waals surface area contributed by atoms with Gasteiger partial charge in [-0.3, -0.25) is 14.9 Å². The summed E-state index contributed by atoms with van der Waals surface area (Å²) in [5, 5.41) is 14.1. The summed E-state index contributed by atoms with van der Waals surface area (Å²) in [7, 11) is 0. The third-order valence-electron chi connectivity index (χ3n) is 3.49. The molecule has 2 aromatic carbocycles. The minimum atomic E-state index is -0.583. The molecule has 5 nitrogen and oxygen atoms in total. The fraction of sp³-hybridized carbons (Fsp3) is 0.235. The molecule has 0 fully saturated rings. The van der Waals surface area contributed by atoms with Crippen molar-refractivity contribution < 1.29 is 9.72 Å².